The van der Waals surface area contributed by atoms with E-state index in [1.165, 1.54) is 25.7 Å². The van der Waals surface area contributed by atoms with Crippen molar-refractivity contribution in [2.24, 2.45) is 0 Å². The Morgan fingerprint density at radius 3 is 2.50 bits per heavy atom. The molecule has 1 heterocycles. The Kier molecular flexibility index (Phi) is 5.37. The summed E-state index contributed by atoms with van der Waals surface area (Å²) in [6, 6.07) is 1.34. The summed E-state index contributed by atoms with van der Waals surface area (Å²) in [5.41, 5.74) is 0. The van der Waals surface area contributed by atoms with Gasteiger partial charge in [0.2, 0.25) is 5.91 Å². The zero-order valence-electron chi connectivity index (χ0n) is 11.7. The third-order valence-corrected chi connectivity index (χ3v) is 5.47. The minimum Gasteiger partial charge on any atom is -0.343 e. The van der Waals surface area contributed by atoms with E-state index in [9.17, 15) is 4.79 Å². The number of piperidine rings is 1. The molecule has 4 heteroatoms. The summed E-state index contributed by atoms with van der Waals surface area (Å²) in [7, 11) is 0. The maximum absolute atomic E-state index is 11.3. The Hall–Kier alpha value is -0.220. The first kappa shape index (κ1) is 14.2. The first-order valence-corrected chi connectivity index (χ1v) is 8.52. The predicted molar refractivity (Wildman–Crippen MR) is 78.0 cm³/mol. The van der Waals surface area contributed by atoms with Gasteiger partial charge in [0, 0.05) is 37.3 Å². The van der Waals surface area contributed by atoms with Crippen LogP contribution in [0, 0.1) is 0 Å². The molecule has 0 radical (unpaired) electrons. The van der Waals surface area contributed by atoms with Gasteiger partial charge in [0.15, 0.2) is 0 Å². The number of thioether (sulfide) groups is 1. The van der Waals surface area contributed by atoms with Crippen molar-refractivity contribution in [3.05, 3.63) is 0 Å². The second kappa shape index (κ2) is 6.80. The molecular formula is C14H26N2OS. The topological polar surface area (TPSA) is 32.3 Å². The maximum atomic E-state index is 11.3. The summed E-state index contributed by atoms with van der Waals surface area (Å²) in [6.07, 6.45) is 9.91. The molecule has 1 saturated carbocycles. The van der Waals surface area contributed by atoms with Gasteiger partial charge in [-0.1, -0.05) is 6.42 Å². The van der Waals surface area contributed by atoms with E-state index >= 15 is 0 Å². The first-order chi connectivity index (χ1) is 8.69. The van der Waals surface area contributed by atoms with E-state index in [2.05, 4.69) is 11.6 Å². The molecule has 1 amide bonds. The minimum atomic E-state index is 0.230. The third kappa shape index (κ3) is 3.89. The lowest BCUT2D eigenvalue weighted by molar-refractivity contribution is -0.129. The molecule has 1 saturated heterocycles. The van der Waals surface area contributed by atoms with Crippen LogP contribution in [0.3, 0.4) is 0 Å². The minimum absolute atomic E-state index is 0.230. The molecular weight excluding hydrogens is 244 g/mol. The number of amides is 1. The molecule has 0 aromatic carbocycles. The van der Waals surface area contributed by atoms with Crippen LogP contribution in [0.25, 0.3) is 0 Å². The lowest BCUT2D eigenvalue weighted by Gasteiger charge is -2.36. The van der Waals surface area contributed by atoms with Crippen LogP contribution >= 0.6 is 11.8 Å². The molecule has 2 fully saturated rings. The molecule has 2 rings (SSSR count). The molecule has 0 aromatic heterocycles. The van der Waals surface area contributed by atoms with Crippen molar-refractivity contribution < 1.29 is 4.79 Å². The second-order valence-corrected chi connectivity index (χ2v) is 6.81. The van der Waals surface area contributed by atoms with Crippen LogP contribution < -0.4 is 5.32 Å². The molecule has 1 N–H and O–H groups in total. The van der Waals surface area contributed by atoms with E-state index in [1.807, 2.05) is 16.7 Å². The van der Waals surface area contributed by atoms with Crippen molar-refractivity contribution in [1.29, 1.82) is 0 Å². The lowest BCUT2D eigenvalue weighted by Crippen LogP contribution is -2.48. The maximum Gasteiger partial charge on any atom is 0.219 e. The largest absolute Gasteiger partial charge is 0.343 e. The highest BCUT2D eigenvalue weighted by Gasteiger charge is 2.26. The molecule has 2 unspecified atom stereocenters. The summed E-state index contributed by atoms with van der Waals surface area (Å²) in [4.78, 5) is 13.3. The Bertz CT molecular complexity index is 277. The van der Waals surface area contributed by atoms with Gasteiger partial charge in [-0.05, 0) is 38.4 Å². The fourth-order valence-electron chi connectivity index (χ4n) is 3.20. The Balaban J connectivity index is 1.72. The molecule has 0 bridgehead atoms. The molecule has 0 spiro atoms. The van der Waals surface area contributed by atoms with Crippen molar-refractivity contribution in [3.63, 3.8) is 0 Å². The van der Waals surface area contributed by atoms with Crippen LogP contribution in [0.1, 0.15) is 45.4 Å². The molecule has 1 aliphatic heterocycles. The third-order valence-electron chi connectivity index (χ3n) is 4.37. The highest BCUT2D eigenvalue weighted by atomic mass is 32.2. The van der Waals surface area contributed by atoms with Gasteiger partial charge < -0.3 is 10.2 Å². The number of rotatable bonds is 3. The number of carbonyl (C=O) groups excluding carboxylic acids is 1. The van der Waals surface area contributed by atoms with Crippen LogP contribution in [-0.4, -0.2) is 47.5 Å². The van der Waals surface area contributed by atoms with E-state index < -0.39 is 0 Å². The van der Waals surface area contributed by atoms with Gasteiger partial charge in [0.25, 0.3) is 0 Å². The van der Waals surface area contributed by atoms with Gasteiger partial charge in [-0.2, -0.15) is 11.8 Å². The highest BCUT2D eigenvalue weighted by molar-refractivity contribution is 7.99. The van der Waals surface area contributed by atoms with E-state index in [0.29, 0.717) is 12.1 Å². The fourth-order valence-corrected chi connectivity index (χ4v) is 4.03. The van der Waals surface area contributed by atoms with Gasteiger partial charge in [-0.25, -0.2) is 0 Å². The van der Waals surface area contributed by atoms with E-state index in [4.69, 9.17) is 0 Å². The summed E-state index contributed by atoms with van der Waals surface area (Å²) < 4.78 is 0. The molecule has 18 heavy (non-hydrogen) atoms. The number of nitrogens with one attached hydrogen (secondary N) is 1. The SMILES string of the molecule is CSC1CCCC(NC2CCN(C(C)=O)CC2)C1. The van der Waals surface area contributed by atoms with Gasteiger partial charge in [-0.3, -0.25) is 4.79 Å². The van der Waals surface area contributed by atoms with Crippen LogP contribution in [0.2, 0.25) is 0 Å². The highest BCUT2D eigenvalue weighted by Crippen LogP contribution is 2.27. The number of likely N-dealkylation sites (tertiary alicyclic amines) is 1. The molecule has 1 aliphatic carbocycles. The summed E-state index contributed by atoms with van der Waals surface area (Å²) >= 11 is 2.02. The van der Waals surface area contributed by atoms with Gasteiger partial charge in [-0.15, -0.1) is 0 Å². The van der Waals surface area contributed by atoms with Gasteiger partial charge >= 0.3 is 0 Å². The summed E-state index contributed by atoms with van der Waals surface area (Å²) in [5, 5.41) is 4.69. The van der Waals surface area contributed by atoms with Crippen LogP contribution in [0.4, 0.5) is 0 Å². The molecule has 2 atom stereocenters. The lowest BCUT2D eigenvalue weighted by atomic mass is 9.93. The predicted octanol–water partition coefficient (Wildman–Crippen LogP) is 2.26. The average molecular weight is 270 g/mol. The Morgan fingerprint density at radius 2 is 1.89 bits per heavy atom. The quantitative estimate of drug-likeness (QED) is 0.854. The van der Waals surface area contributed by atoms with Crippen molar-refractivity contribution >= 4 is 17.7 Å². The van der Waals surface area contributed by atoms with Crippen LogP contribution in [-0.2, 0) is 4.79 Å². The average Bonchev–Trinajstić information content (AvgIpc) is 2.39. The van der Waals surface area contributed by atoms with Crippen molar-refractivity contribution in [3.8, 4) is 0 Å². The van der Waals surface area contributed by atoms with Crippen LogP contribution in [0.15, 0.2) is 0 Å². The molecule has 2 aliphatic rings. The smallest absolute Gasteiger partial charge is 0.219 e. The summed E-state index contributed by atoms with van der Waals surface area (Å²) in [6.45, 7) is 3.55. The number of carbonyl (C=O) groups is 1. The van der Waals surface area contributed by atoms with Gasteiger partial charge in [0.05, 0.1) is 0 Å². The standard InChI is InChI=1S/C14H26N2OS/c1-11(17)16-8-6-12(7-9-16)15-13-4-3-5-14(10-13)18-2/h12-15H,3-10H2,1-2H3. The monoisotopic (exact) mass is 270 g/mol. The van der Waals surface area contributed by atoms with Crippen molar-refractivity contribution in [2.75, 3.05) is 19.3 Å². The van der Waals surface area contributed by atoms with Crippen LogP contribution in [0.5, 0.6) is 0 Å². The molecule has 104 valence electrons. The van der Waals surface area contributed by atoms with E-state index in [0.717, 1.165) is 31.2 Å². The van der Waals surface area contributed by atoms with Crippen molar-refractivity contribution in [2.45, 2.75) is 62.8 Å². The first-order valence-electron chi connectivity index (χ1n) is 7.23. The zero-order valence-corrected chi connectivity index (χ0v) is 12.5. The van der Waals surface area contributed by atoms with E-state index in [-0.39, 0.29) is 5.91 Å². The second-order valence-electron chi connectivity index (χ2n) is 5.67. The van der Waals surface area contributed by atoms with Gasteiger partial charge in [0.1, 0.15) is 0 Å². The number of hydrogen-bond acceptors (Lipinski definition) is 3. The van der Waals surface area contributed by atoms with E-state index in [1.54, 1.807) is 6.92 Å². The Morgan fingerprint density at radius 1 is 1.17 bits per heavy atom. The van der Waals surface area contributed by atoms with Crippen molar-refractivity contribution in [1.82, 2.24) is 10.2 Å². The summed E-state index contributed by atoms with van der Waals surface area (Å²) in [5.74, 6) is 0.230. The number of nitrogens with zero attached hydrogens (tertiary/aromatic N) is 1. The fraction of sp³-hybridized carbons (Fsp3) is 0.929. The molecule has 0 aromatic rings. The number of hydrogen-bond donors (Lipinski definition) is 1. The molecule has 3 nitrogen and oxygen atoms in total. The Labute approximate surface area is 115 Å². The normalized spacial score (nSPS) is 30.4. The zero-order chi connectivity index (χ0) is 13.0.